The van der Waals surface area contributed by atoms with E-state index in [1.165, 1.54) is 24.3 Å². The lowest BCUT2D eigenvalue weighted by Gasteiger charge is -2.11. The fourth-order valence-electron chi connectivity index (χ4n) is 2.98. The van der Waals surface area contributed by atoms with Crippen LogP contribution in [-0.2, 0) is 6.42 Å². The highest BCUT2D eigenvalue weighted by Gasteiger charge is 2.11. The summed E-state index contributed by atoms with van der Waals surface area (Å²) in [7, 11) is 0. The maximum atomic E-state index is 10.9. The van der Waals surface area contributed by atoms with Crippen LogP contribution >= 0.6 is 0 Å². The molecule has 2 aromatic carbocycles. The first-order chi connectivity index (χ1) is 14.0. The Morgan fingerprint density at radius 1 is 0.586 bits per heavy atom. The van der Waals surface area contributed by atoms with Crippen LogP contribution in [0.3, 0.4) is 0 Å². The highest BCUT2D eigenvalue weighted by atomic mass is 16.8. The second-order valence-electron chi connectivity index (χ2n) is 6.47. The molecule has 0 saturated carbocycles. The Hall–Kier alpha value is -3.24. The predicted molar refractivity (Wildman–Crippen MR) is 103 cm³/mol. The summed E-state index contributed by atoms with van der Waals surface area (Å²) in [4.78, 5) is 0. The van der Waals surface area contributed by atoms with Gasteiger partial charge in [-0.05, 0) is 48.5 Å². The Morgan fingerprint density at radius 3 is 1.31 bits per heavy atom. The van der Waals surface area contributed by atoms with Gasteiger partial charge in [0.2, 0.25) is 0 Å². The van der Waals surface area contributed by atoms with Crippen LogP contribution in [0.25, 0.3) is 22.6 Å². The van der Waals surface area contributed by atoms with Crippen LogP contribution in [-0.4, -0.2) is 10.4 Å². The third kappa shape index (κ3) is 4.28. The van der Waals surface area contributed by atoms with Crippen molar-refractivity contribution in [2.45, 2.75) is 6.42 Å². The summed E-state index contributed by atoms with van der Waals surface area (Å²) in [5.41, 5.74) is 2.03. The molecule has 4 rings (SSSR count). The SMILES string of the molecule is [O-][NH+](O)c1ccc(-c2ccc(Cc3ccc(-c4ccc([NH+]([O-])O)cc4)o3)o2)cc1. The lowest BCUT2D eigenvalue weighted by atomic mass is 10.1. The largest absolute Gasteiger partial charge is 0.595 e. The van der Waals surface area contributed by atoms with Gasteiger partial charge in [-0.2, -0.15) is 10.5 Å². The van der Waals surface area contributed by atoms with Crippen LogP contribution < -0.4 is 10.5 Å². The maximum absolute atomic E-state index is 10.9. The zero-order chi connectivity index (χ0) is 20.4. The number of nitrogens with one attached hydrogen (secondary N) is 2. The molecule has 0 aliphatic rings. The number of benzene rings is 2. The molecule has 0 fully saturated rings. The van der Waals surface area contributed by atoms with Crippen LogP contribution in [0, 0.1) is 10.4 Å². The van der Waals surface area contributed by atoms with E-state index in [0.29, 0.717) is 29.5 Å². The summed E-state index contributed by atoms with van der Waals surface area (Å²) in [6, 6.07) is 20.3. The standard InChI is InChI=1S/C21H18N2O6/c24-22(25)16-5-1-14(2-6-16)20-11-9-18(28-20)13-19-10-12-21(29-19)15-3-7-17(8-4-15)23(26)27/h1-12,22-24,26H,13H2. The van der Waals surface area contributed by atoms with Crippen molar-refractivity contribution in [3.63, 3.8) is 0 Å². The van der Waals surface area contributed by atoms with Gasteiger partial charge in [0.05, 0.1) is 6.42 Å². The smallest absolute Gasteiger partial charge is 0.163 e. The Labute approximate surface area is 165 Å². The number of hydrogen-bond acceptors (Lipinski definition) is 6. The number of furan rings is 2. The summed E-state index contributed by atoms with van der Waals surface area (Å²) in [6.07, 6.45) is 0.459. The Balaban J connectivity index is 1.46. The highest BCUT2D eigenvalue weighted by Crippen LogP contribution is 2.27. The second kappa shape index (κ2) is 8.02. The normalized spacial score (nSPS) is 13.4. The van der Waals surface area contributed by atoms with Crippen molar-refractivity contribution in [2.75, 3.05) is 0 Å². The Bertz CT molecular complexity index is 993. The minimum Gasteiger partial charge on any atom is -0.595 e. The first kappa shape index (κ1) is 19.1. The van der Waals surface area contributed by atoms with Crippen molar-refractivity contribution in [3.05, 3.63) is 94.7 Å². The van der Waals surface area contributed by atoms with Gasteiger partial charge in [-0.3, -0.25) is 0 Å². The molecule has 8 nitrogen and oxygen atoms in total. The fourth-order valence-corrected chi connectivity index (χ4v) is 2.98. The first-order valence-corrected chi connectivity index (χ1v) is 8.84. The molecule has 2 aromatic heterocycles. The molecule has 0 saturated heterocycles. The van der Waals surface area contributed by atoms with Crippen molar-refractivity contribution in [1.29, 1.82) is 0 Å². The molecule has 2 heterocycles. The molecule has 0 bridgehead atoms. The number of hydrogen-bond donors (Lipinski definition) is 4. The highest BCUT2D eigenvalue weighted by molar-refractivity contribution is 5.60. The maximum Gasteiger partial charge on any atom is 0.163 e. The predicted octanol–water partition coefficient (Wildman–Crippen LogP) is 2.60. The van der Waals surface area contributed by atoms with E-state index in [2.05, 4.69) is 0 Å². The van der Waals surface area contributed by atoms with E-state index >= 15 is 0 Å². The van der Waals surface area contributed by atoms with E-state index in [1.807, 2.05) is 24.3 Å². The van der Waals surface area contributed by atoms with Crippen LogP contribution in [0.15, 0.2) is 81.6 Å². The van der Waals surface area contributed by atoms with Crippen molar-refractivity contribution in [3.8, 4) is 22.6 Å². The van der Waals surface area contributed by atoms with E-state index in [4.69, 9.17) is 19.2 Å². The molecular weight excluding hydrogens is 376 g/mol. The second-order valence-corrected chi connectivity index (χ2v) is 6.47. The zero-order valence-electron chi connectivity index (χ0n) is 15.2. The lowest BCUT2D eigenvalue weighted by molar-refractivity contribution is -0.991. The van der Waals surface area contributed by atoms with Gasteiger partial charge in [-0.25, -0.2) is 10.4 Å². The van der Waals surface area contributed by atoms with E-state index in [9.17, 15) is 10.4 Å². The minimum atomic E-state index is -0.970. The van der Waals surface area contributed by atoms with Crippen LogP contribution in [0.2, 0.25) is 0 Å². The Kier molecular flexibility index (Phi) is 5.28. The third-order valence-electron chi connectivity index (χ3n) is 4.50. The van der Waals surface area contributed by atoms with Crippen LogP contribution in [0.5, 0.6) is 0 Å². The summed E-state index contributed by atoms with van der Waals surface area (Å²) >= 11 is 0. The molecule has 8 heteroatoms. The zero-order valence-corrected chi connectivity index (χ0v) is 15.2. The number of rotatable bonds is 6. The molecule has 29 heavy (non-hydrogen) atoms. The molecule has 4 N–H and O–H groups in total. The van der Waals surface area contributed by atoms with Gasteiger partial charge in [-0.15, -0.1) is 0 Å². The van der Waals surface area contributed by atoms with E-state index in [0.717, 1.165) is 11.1 Å². The summed E-state index contributed by atoms with van der Waals surface area (Å²) in [6.45, 7) is 0. The van der Waals surface area contributed by atoms with Crippen LogP contribution in [0.1, 0.15) is 11.5 Å². The van der Waals surface area contributed by atoms with Crippen molar-refractivity contribution >= 4 is 11.4 Å². The van der Waals surface area contributed by atoms with Crippen molar-refractivity contribution in [1.82, 2.24) is 0 Å². The molecule has 2 atom stereocenters. The average Bonchev–Trinajstić information content (AvgIpc) is 3.38. The molecule has 0 aliphatic heterocycles. The first-order valence-electron chi connectivity index (χ1n) is 8.84. The lowest BCUT2D eigenvalue weighted by Crippen LogP contribution is -2.99. The average molecular weight is 394 g/mol. The summed E-state index contributed by atoms with van der Waals surface area (Å²) in [5, 5.41) is 37.9. The van der Waals surface area contributed by atoms with E-state index in [-0.39, 0.29) is 11.4 Å². The van der Waals surface area contributed by atoms with Crippen molar-refractivity contribution in [2.24, 2.45) is 0 Å². The molecule has 0 amide bonds. The summed E-state index contributed by atoms with van der Waals surface area (Å²) < 4.78 is 11.7. The van der Waals surface area contributed by atoms with Gasteiger partial charge in [0, 0.05) is 35.4 Å². The van der Waals surface area contributed by atoms with Gasteiger partial charge in [-0.1, -0.05) is 0 Å². The van der Waals surface area contributed by atoms with Gasteiger partial charge in [0.1, 0.15) is 23.0 Å². The molecule has 2 unspecified atom stereocenters. The topological polar surface area (TPSA) is 122 Å². The van der Waals surface area contributed by atoms with Gasteiger partial charge < -0.3 is 19.2 Å². The molecule has 0 radical (unpaired) electrons. The number of quaternary nitrogens is 2. The van der Waals surface area contributed by atoms with Gasteiger partial charge in [0.25, 0.3) is 0 Å². The molecular formula is C21H18N2O6. The Morgan fingerprint density at radius 2 is 0.966 bits per heavy atom. The van der Waals surface area contributed by atoms with E-state index in [1.54, 1.807) is 24.3 Å². The summed E-state index contributed by atoms with van der Waals surface area (Å²) in [5.74, 6) is 2.72. The van der Waals surface area contributed by atoms with Crippen molar-refractivity contribution < 1.29 is 29.7 Å². The van der Waals surface area contributed by atoms with Gasteiger partial charge in [0.15, 0.2) is 11.4 Å². The third-order valence-corrected chi connectivity index (χ3v) is 4.50. The monoisotopic (exact) mass is 394 g/mol. The van der Waals surface area contributed by atoms with Crippen LogP contribution in [0.4, 0.5) is 11.4 Å². The molecule has 0 spiro atoms. The van der Waals surface area contributed by atoms with E-state index < -0.39 is 10.5 Å². The molecule has 0 aliphatic carbocycles. The fraction of sp³-hybridized carbons (Fsp3) is 0.0476. The molecule has 148 valence electrons. The molecule has 4 aromatic rings. The van der Waals surface area contributed by atoms with Gasteiger partial charge >= 0.3 is 0 Å². The minimum absolute atomic E-state index is 0.222. The quantitative estimate of drug-likeness (QED) is 0.373.